The molecule has 0 unspecified atom stereocenters. The third kappa shape index (κ3) is 3.22. The fraction of sp³-hybridized carbons (Fsp3) is 0.412. The molecule has 3 rings (SSSR count). The zero-order valence-electron chi connectivity index (χ0n) is 13.6. The summed E-state index contributed by atoms with van der Waals surface area (Å²) in [5.74, 6) is 1.85. The average Bonchev–Trinajstić information content (AvgIpc) is 2.48. The Kier molecular flexibility index (Phi) is 4.09. The summed E-state index contributed by atoms with van der Waals surface area (Å²) in [7, 11) is 0. The molecule has 0 saturated carbocycles. The molecular formula is C17H22N4O2. The molecule has 0 aliphatic carbocycles. The molecule has 6 nitrogen and oxygen atoms in total. The van der Waals surface area contributed by atoms with Gasteiger partial charge in [-0.05, 0) is 37.5 Å². The number of nitrogens with zero attached hydrogens (tertiary/aromatic N) is 2. The summed E-state index contributed by atoms with van der Waals surface area (Å²) in [6.07, 6.45) is 1.56. The first-order valence-electron chi connectivity index (χ1n) is 7.77. The van der Waals surface area contributed by atoms with Crippen LogP contribution < -0.4 is 15.8 Å². The Balaban J connectivity index is 1.79. The van der Waals surface area contributed by atoms with E-state index in [9.17, 15) is 5.11 Å². The third-order valence-electron chi connectivity index (χ3n) is 4.10. The first kappa shape index (κ1) is 15.6. The number of aliphatic hydroxyl groups is 1. The largest absolute Gasteiger partial charge is 0.470 e. The second-order valence-electron chi connectivity index (χ2n) is 6.19. The molecule has 6 heteroatoms. The van der Waals surface area contributed by atoms with Gasteiger partial charge in [0, 0.05) is 17.7 Å². The van der Waals surface area contributed by atoms with Gasteiger partial charge in [-0.25, -0.2) is 4.98 Å². The Labute approximate surface area is 135 Å². The SMILES string of the molecule is Cc1ccc2c(c1)O[C@H](Nc1ncc([C@H](C)O)c(N)n1)[C@@H](C)C2. The second kappa shape index (κ2) is 6.04. The van der Waals surface area contributed by atoms with Crippen LogP contribution in [0, 0.1) is 12.8 Å². The van der Waals surface area contributed by atoms with E-state index in [2.05, 4.69) is 34.3 Å². The van der Waals surface area contributed by atoms with Gasteiger partial charge in [-0.1, -0.05) is 19.1 Å². The summed E-state index contributed by atoms with van der Waals surface area (Å²) in [6.45, 7) is 5.80. The van der Waals surface area contributed by atoms with E-state index in [1.54, 1.807) is 13.1 Å². The number of rotatable bonds is 3. The van der Waals surface area contributed by atoms with Crippen LogP contribution in [0.4, 0.5) is 11.8 Å². The van der Waals surface area contributed by atoms with Crippen LogP contribution in [0.3, 0.4) is 0 Å². The highest BCUT2D eigenvalue weighted by Gasteiger charge is 2.27. The van der Waals surface area contributed by atoms with Crippen molar-refractivity contribution < 1.29 is 9.84 Å². The fourth-order valence-corrected chi connectivity index (χ4v) is 2.74. The van der Waals surface area contributed by atoms with E-state index in [4.69, 9.17) is 10.5 Å². The minimum atomic E-state index is -0.691. The number of fused-ring (bicyclic) bond motifs is 1. The van der Waals surface area contributed by atoms with E-state index >= 15 is 0 Å². The van der Waals surface area contributed by atoms with Gasteiger partial charge in [0.1, 0.15) is 11.6 Å². The molecule has 1 aliphatic rings. The number of hydrogen-bond acceptors (Lipinski definition) is 6. The number of aryl methyl sites for hydroxylation is 1. The summed E-state index contributed by atoms with van der Waals surface area (Å²) >= 11 is 0. The molecule has 0 bridgehead atoms. The van der Waals surface area contributed by atoms with Crippen LogP contribution in [0.15, 0.2) is 24.4 Å². The number of nitrogens with two attached hydrogens (primary N) is 1. The van der Waals surface area contributed by atoms with Crippen molar-refractivity contribution in [2.24, 2.45) is 5.92 Å². The lowest BCUT2D eigenvalue weighted by atomic mass is 9.95. The van der Waals surface area contributed by atoms with Crippen molar-refractivity contribution in [2.75, 3.05) is 11.1 Å². The van der Waals surface area contributed by atoms with Crippen LogP contribution in [-0.2, 0) is 6.42 Å². The zero-order chi connectivity index (χ0) is 16.6. The van der Waals surface area contributed by atoms with Gasteiger partial charge in [0.15, 0.2) is 6.23 Å². The molecule has 3 atom stereocenters. The average molecular weight is 314 g/mol. The van der Waals surface area contributed by atoms with Gasteiger partial charge in [-0.15, -0.1) is 0 Å². The van der Waals surface area contributed by atoms with E-state index in [0.717, 1.165) is 12.2 Å². The van der Waals surface area contributed by atoms with Crippen molar-refractivity contribution in [2.45, 2.75) is 39.5 Å². The van der Waals surface area contributed by atoms with Gasteiger partial charge in [-0.3, -0.25) is 0 Å². The number of benzene rings is 1. The summed E-state index contributed by atoms with van der Waals surface area (Å²) < 4.78 is 6.07. The first-order chi connectivity index (χ1) is 10.9. The van der Waals surface area contributed by atoms with Crippen LogP contribution in [-0.4, -0.2) is 21.3 Å². The fourth-order valence-electron chi connectivity index (χ4n) is 2.74. The predicted octanol–water partition coefficient (Wildman–Crippen LogP) is 2.43. The van der Waals surface area contributed by atoms with Crippen LogP contribution in [0.2, 0.25) is 0 Å². The number of anilines is 2. The summed E-state index contributed by atoms with van der Waals surface area (Å²) in [4.78, 5) is 8.43. The highest BCUT2D eigenvalue weighted by atomic mass is 16.5. The van der Waals surface area contributed by atoms with E-state index < -0.39 is 6.10 Å². The molecule has 0 saturated heterocycles. The summed E-state index contributed by atoms with van der Waals surface area (Å²) in [6, 6.07) is 6.26. The van der Waals surface area contributed by atoms with Crippen molar-refractivity contribution in [1.82, 2.24) is 9.97 Å². The normalized spacial score (nSPS) is 21.2. The van der Waals surface area contributed by atoms with Crippen molar-refractivity contribution in [3.63, 3.8) is 0 Å². The zero-order valence-corrected chi connectivity index (χ0v) is 13.6. The number of nitrogen functional groups attached to an aromatic ring is 1. The number of aromatic nitrogens is 2. The Morgan fingerprint density at radius 1 is 1.43 bits per heavy atom. The number of aliphatic hydroxyl groups excluding tert-OH is 1. The third-order valence-corrected chi connectivity index (χ3v) is 4.10. The molecular weight excluding hydrogens is 292 g/mol. The molecule has 0 fully saturated rings. The van der Waals surface area contributed by atoms with Crippen molar-refractivity contribution in [3.05, 3.63) is 41.1 Å². The van der Waals surface area contributed by atoms with Gasteiger partial charge in [0.2, 0.25) is 5.95 Å². The predicted molar refractivity (Wildman–Crippen MR) is 89.2 cm³/mol. The van der Waals surface area contributed by atoms with Crippen LogP contribution >= 0.6 is 0 Å². The first-order valence-corrected chi connectivity index (χ1v) is 7.77. The van der Waals surface area contributed by atoms with E-state index in [1.165, 1.54) is 11.1 Å². The summed E-state index contributed by atoms with van der Waals surface area (Å²) in [5.41, 5.74) is 8.77. The van der Waals surface area contributed by atoms with Crippen LogP contribution in [0.25, 0.3) is 0 Å². The molecule has 122 valence electrons. The quantitative estimate of drug-likeness (QED) is 0.805. The van der Waals surface area contributed by atoms with Gasteiger partial charge < -0.3 is 20.9 Å². The number of hydrogen-bond donors (Lipinski definition) is 3. The Bertz CT molecular complexity index is 718. The van der Waals surface area contributed by atoms with Gasteiger partial charge in [0.25, 0.3) is 0 Å². The lowest BCUT2D eigenvalue weighted by Gasteiger charge is -2.32. The van der Waals surface area contributed by atoms with E-state index in [-0.39, 0.29) is 18.0 Å². The smallest absolute Gasteiger partial charge is 0.227 e. The minimum absolute atomic E-state index is 0.221. The van der Waals surface area contributed by atoms with Crippen molar-refractivity contribution in [3.8, 4) is 5.75 Å². The molecule has 1 aromatic heterocycles. The molecule has 0 amide bonds. The number of ether oxygens (including phenoxy) is 1. The standard InChI is InChI=1S/C17H22N4O2/c1-9-4-5-12-7-10(2)16(23-14(12)6-9)21-17-19-8-13(11(3)22)15(18)20-17/h4-6,8,10-11,16,22H,7H2,1-3H3,(H3,18,19,20,21)/t10-,11-,16-/m0/s1. The molecule has 1 aliphatic heterocycles. The summed E-state index contributed by atoms with van der Waals surface area (Å²) in [5, 5.41) is 12.8. The van der Waals surface area contributed by atoms with Crippen molar-refractivity contribution in [1.29, 1.82) is 0 Å². The molecule has 0 spiro atoms. The molecule has 0 radical (unpaired) electrons. The Hall–Kier alpha value is -2.34. The maximum absolute atomic E-state index is 9.59. The molecule has 4 N–H and O–H groups in total. The monoisotopic (exact) mass is 314 g/mol. The molecule has 23 heavy (non-hydrogen) atoms. The maximum atomic E-state index is 9.59. The van der Waals surface area contributed by atoms with Gasteiger partial charge in [0.05, 0.1) is 6.10 Å². The Morgan fingerprint density at radius 2 is 2.22 bits per heavy atom. The van der Waals surface area contributed by atoms with E-state index in [0.29, 0.717) is 11.5 Å². The lowest BCUT2D eigenvalue weighted by Crippen LogP contribution is -2.38. The highest BCUT2D eigenvalue weighted by molar-refractivity contribution is 5.45. The lowest BCUT2D eigenvalue weighted by molar-refractivity contribution is 0.146. The topological polar surface area (TPSA) is 93.3 Å². The van der Waals surface area contributed by atoms with Crippen molar-refractivity contribution >= 4 is 11.8 Å². The van der Waals surface area contributed by atoms with Gasteiger partial charge >= 0.3 is 0 Å². The van der Waals surface area contributed by atoms with Crippen LogP contribution in [0.1, 0.15) is 36.6 Å². The minimum Gasteiger partial charge on any atom is -0.470 e. The highest BCUT2D eigenvalue weighted by Crippen LogP contribution is 2.32. The Morgan fingerprint density at radius 3 is 2.91 bits per heavy atom. The second-order valence-corrected chi connectivity index (χ2v) is 6.19. The number of nitrogens with one attached hydrogen (secondary N) is 1. The van der Waals surface area contributed by atoms with Gasteiger partial charge in [-0.2, -0.15) is 4.98 Å². The molecule has 1 aromatic carbocycles. The maximum Gasteiger partial charge on any atom is 0.227 e. The van der Waals surface area contributed by atoms with Crippen LogP contribution in [0.5, 0.6) is 5.75 Å². The molecule has 2 aromatic rings. The molecule has 2 heterocycles. The van der Waals surface area contributed by atoms with E-state index in [1.807, 2.05) is 13.0 Å².